The number of alkyl carbamates (subject to hydrolysis) is 1. The van der Waals surface area contributed by atoms with Gasteiger partial charge in [-0.3, -0.25) is 4.98 Å². The van der Waals surface area contributed by atoms with Gasteiger partial charge in [0, 0.05) is 25.2 Å². The van der Waals surface area contributed by atoms with Crippen LogP contribution in [0, 0.1) is 0 Å². The SMILES string of the molecule is CC(C)(C)OC(=O)NC(CN)Cc1cnc2ccccc2n1. The zero-order chi connectivity index (χ0) is 16.2. The molecule has 0 saturated carbocycles. The summed E-state index contributed by atoms with van der Waals surface area (Å²) in [5.41, 5.74) is 7.64. The van der Waals surface area contributed by atoms with Gasteiger partial charge in [0.15, 0.2) is 0 Å². The normalized spacial score (nSPS) is 12.9. The lowest BCUT2D eigenvalue weighted by Gasteiger charge is -2.22. The van der Waals surface area contributed by atoms with Crippen LogP contribution in [0.2, 0.25) is 0 Å². The van der Waals surface area contributed by atoms with Gasteiger partial charge in [0.05, 0.1) is 16.7 Å². The quantitative estimate of drug-likeness (QED) is 0.902. The number of benzene rings is 1. The van der Waals surface area contributed by atoms with Crippen LogP contribution < -0.4 is 11.1 Å². The van der Waals surface area contributed by atoms with Crippen LogP contribution in [0.15, 0.2) is 30.5 Å². The monoisotopic (exact) mass is 302 g/mol. The molecule has 6 nitrogen and oxygen atoms in total. The fourth-order valence-electron chi connectivity index (χ4n) is 2.01. The zero-order valence-corrected chi connectivity index (χ0v) is 13.2. The van der Waals surface area contributed by atoms with Gasteiger partial charge in [-0.1, -0.05) is 12.1 Å². The first-order chi connectivity index (χ1) is 10.4. The molecule has 1 amide bonds. The lowest BCUT2D eigenvalue weighted by molar-refractivity contribution is 0.0505. The summed E-state index contributed by atoms with van der Waals surface area (Å²) in [5.74, 6) is 0. The Morgan fingerprint density at radius 2 is 2.00 bits per heavy atom. The molecule has 0 aliphatic heterocycles. The van der Waals surface area contributed by atoms with E-state index in [0.717, 1.165) is 16.7 Å². The van der Waals surface area contributed by atoms with Crippen molar-refractivity contribution in [2.75, 3.05) is 6.54 Å². The fourth-order valence-corrected chi connectivity index (χ4v) is 2.01. The third kappa shape index (κ3) is 4.66. The second-order valence-electron chi connectivity index (χ2n) is 6.13. The number of aromatic nitrogens is 2. The first-order valence-electron chi connectivity index (χ1n) is 7.27. The summed E-state index contributed by atoms with van der Waals surface area (Å²) >= 11 is 0. The van der Waals surface area contributed by atoms with E-state index in [-0.39, 0.29) is 6.04 Å². The Bertz CT molecular complexity index is 652. The molecule has 1 atom stereocenters. The van der Waals surface area contributed by atoms with E-state index in [1.807, 2.05) is 45.0 Å². The third-order valence-corrected chi connectivity index (χ3v) is 2.96. The van der Waals surface area contributed by atoms with Crippen molar-refractivity contribution in [1.29, 1.82) is 0 Å². The number of carbonyl (C=O) groups is 1. The van der Waals surface area contributed by atoms with Gasteiger partial charge in [-0.05, 0) is 32.9 Å². The number of hydrogen-bond donors (Lipinski definition) is 2. The van der Waals surface area contributed by atoms with Crippen molar-refractivity contribution in [3.8, 4) is 0 Å². The molecular formula is C16H22N4O2. The number of para-hydroxylation sites is 2. The number of amides is 1. The van der Waals surface area contributed by atoms with Crippen LogP contribution in [0.3, 0.4) is 0 Å². The van der Waals surface area contributed by atoms with Gasteiger partial charge in [0.1, 0.15) is 5.60 Å². The van der Waals surface area contributed by atoms with Crippen LogP contribution >= 0.6 is 0 Å². The predicted molar refractivity (Wildman–Crippen MR) is 85.5 cm³/mol. The standard InChI is InChI=1S/C16H22N4O2/c1-16(2,3)22-15(21)20-11(9-17)8-12-10-18-13-6-4-5-7-14(13)19-12/h4-7,10-11H,8-9,17H2,1-3H3,(H,20,21). The Hall–Kier alpha value is -2.21. The van der Waals surface area contributed by atoms with Crippen molar-refractivity contribution in [2.45, 2.75) is 38.8 Å². The summed E-state index contributed by atoms with van der Waals surface area (Å²) in [6.07, 6.45) is 1.74. The van der Waals surface area contributed by atoms with Gasteiger partial charge in [0.2, 0.25) is 0 Å². The average Bonchev–Trinajstić information content (AvgIpc) is 2.44. The predicted octanol–water partition coefficient (Wildman–Crippen LogP) is 2.02. The van der Waals surface area contributed by atoms with Crippen molar-refractivity contribution < 1.29 is 9.53 Å². The smallest absolute Gasteiger partial charge is 0.407 e. The number of carbonyl (C=O) groups excluding carboxylic acids is 1. The maximum atomic E-state index is 11.8. The number of ether oxygens (including phenoxy) is 1. The number of nitrogens with two attached hydrogens (primary N) is 1. The van der Waals surface area contributed by atoms with Gasteiger partial charge in [-0.2, -0.15) is 0 Å². The molecule has 0 aliphatic carbocycles. The molecule has 1 unspecified atom stereocenters. The number of hydrogen-bond acceptors (Lipinski definition) is 5. The van der Waals surface area contributed by atoms with Crippen LogP contribution in [0.4, 0.5) is 4.79 Å². The van der Waals surface area contributed by atoms with Gasteiger partial charge < -0.3 is 15.8 Å². The largest absolute Gasteiger partial charge is 0.444 e. The highest BCUT2D eigenvalue weighted by Crippen LogP contribution is 2.10. The van der Waals surface area contributed by atoms with E-state index in [1.54, 1.807) is 6.20 Å². The number of nitrogens with one attached hydrogen (secondary N) is 1. The van der Waals surface area contributed by atoms with Crippen LogP contribution in [-0.2, 0) is 11.2 Å². The first kappa shape index (κ1) is 16.2. The molecule has 0 radical (unpaired) electrons. The zero-order valence-electron chi connectivity index (χ0n) is 13.2. The van der Waals surface area contributed by atoms with Crippen LogP contribution in [-0.4, -0.2) is 34.2 Å². The second-order valence-corrected chi connectivity index (χ2v) is 6.13. The molecule has 6 heteroatoms. The van der Waals surface area contributed by atoms with E-state index in [4.69, 9.17) is 10.5 Å². The van der Waals surface area contributed by atoms with Gasteiger partial charge in [-0.15, -0.1) is 0 Å². The highest BCUT2D eigenvalue weighted by Gasteiger charge is 2.19. The topological polar surface area (TPSA) is 90.1 Å². The van der Waals surface area contributed by atoms with E-state index >= 15 is 0 Å². The number of nitrogens with zero attached hydrogens (tertiary/aromatic N) is 2. The first-order valence-corrected chi connectivity index (χ1v) is 7.27. The van der Waals surface area contributed by atoms with Crippen molar-refractivity contribution in [2.24, 2.45) is 5.73 Å². The Morgan fingerprint density at radius 1 is 1.32 bits per heavy atom. The van der Waals surface area contributed by atoms with Crippen LogP contribution in [0.25, 0.3) is 11.0 Å². The molecule has 118 valence electrons. The van der Waals surface area contributed by atoms with Crippen LogP contribution in [0.1, 0.15) is 26.5 Å². The summed E-state index contributed by atoms with van der Waals surface area (Å²) < 4.78 is 5.24. The summed E-state index contributed by atoms with van der Waals surface area (Å²) in [6.45, 7) is 5.75. The van der Waals surface area contributed by atoms with E-state index in [2.05, 4.69) is 15.3 Å². The van der Waals surface area contributed by atoms with Crippen LogP contribution in [0.5, 0.6) is 0 Å². The fraction of sp³-hybridized carbons (Fsp3) is 0.438. The van der Waals surface area contributed by atoms with E-state index in [9.17, 15) is 4.79 Å². The minimum absolute atomic E-state index is 0.245. The molecule has 0 aliphatic rings. The lowest BCUT2D eigenvalue weighted by atomic mass is 10.1. The minimum Gasteiger partial charge on any atom is -0.444 e. The second kappa shape index (κ2) is 6.70. The average molecular weight is 302 g/mol. The molecule has 0 bridgehead atoms. The summed E-state index contributed by atoms with van der Waals surface area (Å²) in [4.78, 5) is 20.7. The molecule has 1 aromatic carbocycles. The molecule has 0 spiro atoms. The van der Waals surface area contributed by atoms with E-state index in [1.165, 1.54) is 0 Å². The molecule has 2 aromatic rings. The third-order valence-electron chi connectivity index (χ3n) is 2.96. The molecule has 2 rings (SSSR count). The number of fused-ring (bicyclic) bond motifs is 1. The van der Waals surface area contributed by atoms with Gasteiger partial charge >= 0.3 is 6.09 Å². The molecule has 0 fully saturated rings. The van der Waals surface area contributed by atoms with Crippen molar-refractivity contribution in [3.05, 3.63) is 36.2 Å². The van der Waals surface area contributed by atoms with E-state index < -0.39 is 11.7 Å². The number of rotatable bonds is 4. The van der Waals surface area contributed by atoms with Gasteiger partial charge in [0.25, 0.3) is 0 Å². The van der Waals surface area contributed by atoms with Crippen molar-refractivity contribution in [3.63, 3.8) is 0 Å². The lowest BCUT2D eigenvalue weighted by Crippen LogP contribution is -2.44. The summed E-state index contributed by atoms with van der Waals surface area (Å²) in [6, 6.07) is 7.41. The maximum absolute atomic E-state index is 11.8. The molecule has 3 N–H and O–H groups in total. The highest BCUT2D eigenvalue weighted by molar-refractivity contribution is 5.73. The Balaban J connectivity index is 2.03. The van der Waals surface area contributed by atoms with Crippen molar-refractivity contribution in [1.82, 2.24) is 15.3 Å². The highest BCUT2D eigenvalue weighted by atomic mass is 16.6. The maximum Gasteiger partial charge on any atom is 0.407 e. The minimum atomic E-state index is -0.536. The summed E-state index contributed by atoms with van der Waals surface area (Å²) in [7, 11) is 0. The Kier molecular flexibility index (Phi) is 4.92. The molecule has 22 heavy (non-hydrogen) atoms. The van der Waals surface area contributed by atoms with Gasteiger partial charge in [-0.25, -0.2) is 9.78 Å². The molecular weight excluding hydrogens is 280 g/mol. The Labute approximate surface area is 130 Å². The van der Waals surface area contributed by atoms with Crippen molar-refractivity contribution >= 4 is 17.1 Å². The molecule has 1 heterocycles. The van der Waals surface area contributed by atoms with E-state index in [0.29, 0.717) is 13.0 Å². The Morgan fingerprint density at radius 3 is 2.64 bits per heavy atom. The molecule has 1 aromatic heterocycles. The summed E-state index contributed by atoms with van der Waals surface area (Å²) in [5, 5.41) is 2.77. The molecule has 0 saturated heterocycles.